The van der Waals surface area contributed by atoms with Crippen LogP contribution in [-0.4, -0.2) is 31.4 Å². The number of carbonyl (C=O) groups is 2. The van der Waals surface area contributed by atoms with Crippen LogP contribution in [0.25, 0.3) is 22.3 Å². The van der Waals surface area contributed by atoms with E-state index in [0.29, 0.717) is 47.5 Å². The summed E-state index contributed by atoms with van der Waals surface area (Å²) < 4.78 is 1.84. The van der Waals surface area contributed by atoms with Gasteiger partial charge in [-0.1, -0.05) is 42.5 Å². The van der Waals surface area contributed by atoms with Crippen molar-refractivity contribution in [2.45, 2.75) is 45.2 Å². The topological polar surface area (TPSA) is 116 Å². The number of carbonyl (C=O) groups excluding carboxylic acids is 2. The minimum Gasteiger partial charge on any atom is -0.383 e. The number of nitrogen functional groups attached to an aromatic ring is 1. The molecule has 1 saturated carbocycles. The number of nitrogens with two attached hydrogens (primary N) is 1. The number of nitrogens with one attached hydrogen (secondary N) is 1. The fourth-order valence-corrected chi connectivity index (χ4v) is 4.55. The summed E-state index contributed by atoms with van der Waals surface area (Å²) in [6.07, 6.45) is 4.25. The number of benzene rings is 2. The molecular formula is C26H26N6O2. The highest BCUT2D eigenvalue weighted by molar-refractivity contribution is 5.98. The Labute approximate surface area is 197 Å². The molecule has 1 fully saturated rings. The van der Waals surface area contributed by atoms with Crippen molar-refractivity contribution in [2.24, 2.45) is 0 Å². The van der Waals surface area contributed by atoms with Gasteiger partial charge < -0.3 is 11.1 Å². The molecule has 0 saturated heterocycles. The Bertz CT molecular complexity index is 1380. The number of hydrogen-bond donors (Lipinski definition) is 2. The molecule has 1 aliphatic carbocycles. The third-order valence-corrected chi connectivity index (χ3v) is 6.39. The molecule has 2 aromatic heterocycles. The maximum absolute atomic E-state index is 12.5. The molecule has 3 N–H and O–H groups in total. The molecule has 172 valence electrons. The Morgan fingerprint density at radius 2 is 1.94 bits per heavy atom. The number of amides is 1. The molecule has 0 aliphatic heterocycles. The van der Waals surface area contributed by atoms with Crippen molar-refractivity contribution in [1.29, 1.82) is 0 Å². The van der Waals surface area contributed by atoms with Gasteiger partial charge in [0.2, 0.25) is 0 Å². The van der Waals surface area contributed by atoms with Gasteiger partial charge in [-0.2, -0.15) is 5.10 Å². The number of aromatic nitrogens is 4. The van der Waals surface area contributed by atoms with Gasteiger partial charge in [0.25, 0.3) is 5.91 Å². The molecule has 1 amide bonds. The maximum atomic E-state index is 12.5. The molecule has 1 atom stereocenters. The predicted octanol–water partition coefficient (Wildman–Crippen LogP) is 4.00. The molecule has 4 aromatic rings. The van der Waals surface area contributed by atoms with Gasteiger partial charge in [0.05, 0.1) is 11.4 Å². The van der Waals surface area contributed by atoms with Gasteiger partial charge in [0.1, 0.15) is 23.6 Å². The number of Topliss-reactive ketones (excluding diaryl/α,β-unsaturated/α-hetero) is 1. The number of fused-ring (bicyclic) bond motifs is 1. The molecule has 1 unspecified atom stereocenters. The van der Waals surface area contributed by atoms with Crippen molar-refractivity contribution in [2.75, 3.05) is 5.73 Å². The van der Waals surface area contributed by atoms with Gasteiger partial charge in [-0.25, -0.2) is 14.6 Å². The van der Waals surface area contributed by atoms with Crippen LogP contribution in [-0.2, 0) is 11.3 Å². The van der Waals surface area contributed by atoms with Gasteiger partial charge in [-0.05, 0) is 37.0 Å². The number of aryl methyl sites for hydroxylation is 1. The second-order valence-electron chi connectivity index (χ2n) is 8.73. The van der Waals surface area contributed by atoms with Gasteiger partial charge in [0, 0.05) is 30.5 Å². The Morgan fingerprint density at radius 1 is 1.15 bits per heavy atom. The molecule has 2 aromatic carbocycles. The lowest BCUT2D eigenvalue weighted by atomic mass is 9.94. The zero-order valence-electron chi connectivity index (χ0n) is 19.0. The van der Waals surface area contributed by atoms with E-state index in [2.05, 4.69) is 15.3 Å². The molecule has 1 aliphatic rings. The van der Waals surface area contributed by atoms with Crippen LogP contribution < -0.4 is 11.1 Å². The van der Waals surface area contributed by atoms with E-state index in [4.69, 9.17) is 10.8 Å². The molecule has 0 radical (unpaired) electrons. The maximum Gasteiger partial charge on any atom is 0.251 e. The average molecular weight is 455 g/mol. The Balaban J connectivity index is 1.40. The minimum atomic E-state index is -0.0983. The monoisotopic (exact) mass is 454 g/mol. The van der Waals surface area contributed by atoms with Crippen LogP contribution in [0.4, 0.5) is 5.82 Å². The van der Waals surface area contributed by atoms with Crippen molar-refractivity contribution < 1.29 is 9.59 Å². The van der Waals surface area contributed by atoms with Crippen LogP contribution in [0.15, 0.2) is 54.9 Å². The van der Waals surface area contributed by atoms with E-state index in [-0.39, 0.29) is 17.7 Å². The fourth-order valence-electron chi connectivity index (χ4n) is 4.55. The summed E-state index contributed by atoms with van der Waals surface area (Å²) in [5.74, 6) is 0.516. The minimum absolute atomic E-state index is 0.0253. The Kier molecular flexibility index (Phi) is 5.79. The van der Waals surface area contributed by atoms with Crippen molar-refractivity contribution in [3.63, 3.8) is 0 Å². The van der Waals surface area contributed by atoms with Gasteiger partial charge in [-0.3, -0.25) is 9.59 Å². The summed E-state index contributed by atoms with van der Waals surface area (Å²) in [5.41, 5.74) is 11.0. The molecule has 34 heavy (non-hydrogen) atoms. The zero-order chi connectivity index (χ0) is 23.7. The number of anilines is 1. The van der Waals surface area contributed by atoms with E-state index in [1.165, 1.54) is 6.33 Å². The first-order valence-corrected chi connectivity index (χ1v) is 11.4. The second kappa shape index (κ2) is 9.05. The van der Waals surface area contributed by atoms with Crippen molar-refractivity contribution in [1.82, 2.24) is 25.1 Å². The first-order valence-electron chi connectivity index (χ1n) is 11.4. The van der Waals surface area contributed by atoms with Crippen LogP contribution in [0.1, 0.15) is 53.2 Å². The highest BCUT2D eigenvalue weighted by atomic mass is 16.1. The van der Waals surface area contributed by atoms with E-state index in [1.807, 2.05) is 60.1 Å². The fraction of sp³-hybridized carbons (Fsp3) is 0.269. The van der Waals surface area contributed by atoms with Crippen LogP contribution in [0.5, 0.6) is 0 Å². The largest absolute Gasteiger partial charge is 0.383 e. The van der Waals surface area contributed by atoms with Crippen LogP contribution >= 0.6 is 0 Å². The normalized spacial score (nSPS) is 16.0. The van der Waals surface area contributed by atoms with E-state index in [9.17, 15) is 9.59 Å². The van der Waals surface area contributed by atoms with E-state index < -0.39 is 0 Å². The highest BCUT2D eigenvalue weighted by Crippen LogP contribution is 2.35. The lowest BCUT2D eigenvalue weighted by Gasteiger charge is -2.21. The summed E-state index contributed by atoms with van der Waals surface area (Å²) in [6, 6.07) is 15.3. The Morgan fingerprint density at radius 3 is 2.71 bits per heavy atom. The summed E-state index contributed by atoms with van der Waals surface area (Å²) in [4.78, 5) is 33.2. The quantitative estimate of drug-likeness (QED) is 0.471. The van der Waals surface area contributed by atoms with Crippen LogP contribution in [0.2, 0.25) is 0 Å². The number of rotatable bonds is 5. The summed E-state index contributed by atoms with van der Waals surface area (Å²) in [6.45, 7) is 2.34. The molecule has 2 heterocycles. The third-order valence-electron chi connectivity index (χ3n) is 6.39. The van der Waals surface area contributed by atoms with Gasteiger partial charge in [0.15, 0.2) is 5.65 Å². The molecule has 8 heteroatoms. The molecule has 0 bridgehead atoms. The average Bonchev–Trinajstić information content (AvgIpc) is 3.24. The smallest absolute Gasteiger partial charge is 0.251 e. The van der Waals surface area contributed by atoms with Crippen molar-refractivity contribution in [3.05, 3.63) is 71.5 Å². The standard InChI is InChI=1S/C26H26N6O2/c1-16-5-2-3-8-21(16)26(34)28-14-17-9-11-18(12-10-17)23-22-24(27)29-15-30-25(22)32(31-23)19-6-4-7-20(33)13-19/h2-3,5,8-12,15,19H,4,6-7,13-14H2,1H3,(H,28,34)(H2,27,29,30). The van der Waals surface area contributed by atoms with Crippen molar-refractivity contribution >= 4 is 28.5 Å². The summed E-state index contributed by atoms with van der Waals surface area (Å²) in [7, 11) is 0. The van der Waals surface area contributed by atoms with Crippen molar-refractivity contribution in [3.8, 4) is 11.3 Å². The Hall–Kier alpha value is -4.07. The molecule has 5 rings (SSSR count). The summed E-state index contributed by atoms with van der Waals surface area (Å²) in [5, 5.41) is 8.51. The second-order valence-corrected chi connectivity index (χ2v) is 8.73. The number of ketones is 1. The first-order chi connectivity index (χ1) is 16.5. The predicted molar refractivity (Wildman–Crippen MR) is 130 cm³/mol. The lowest BCUT2D eigenvalue weighted by molar-refractivity contribution is -0.121. The van der Waals surface area contributed by atoms with Gasteiger partial charge >= 0.3 is 0 Å². The zero-order valence-corrected chi connectivity index (χ0v) is 19.0. The van der Waals surface area contributed by atoms with Crippen LogP contribution in [0.3, 0.4) is 0 Å². The first kappa shape index (κ1) is 21.8. The third kappa shape index (κ3) is 4.14. The molecular weight excluding hydrogens is 428 g/mol. The highest BCUT2D eigenvalue weighted by Gasteiger charge is 2.26. The molecule has 8 nitrogen and oxygen atoms in total. The van der Waals surface area contributed by atoms with Crippen LogP contribution in [0, 0.1) is 6.92 Å². The van der Waals surface area contributed by atoms with E-state index in [1.54, 1.807) is 0 Å². The lowest BCUT2D eigenvalue weighted by Crippen LogP contribution is -2.23. The summed E-state index contributed by atoms with van der Waals surface area (Å²) >= 11 is 0. The number of hydrogen-bond acceptors (Lipinski definition) is 6. The van der Waals surface area contributed by atoms with E-state index >= 15 is 0 Å². The SMILES string of the molecule is Cc1ccccc1C(=O)NCc1ccc(-c2nn(C3CCCC(=O)C3)c3ncnc(N)c23)cc1. The van der Waals surface area contributed by atoms with Gasteiger partial charge in [-0.15, -0.1) is 0 Å². The van der Waals surface area contributed by atoms with E-state index in [0.717, 1.165) is 29.5 Å². The molecule has 0 spiro atoms. The number of nitrogens with zero attached hydrogens (tertiary/aromatic N) is 4.